The first kappa shape index (κ1) is 17.8. The fraction of sp³-hybridized carbons (Fsp3) is 0.238. The van der Waals surface area contributed by atoms with Crippen LogP contribution in [0, 0.1) is 0 Å². The second-order valence-electron chi connectivity index (χ2n) is 6.79. The molecule has 0 spiro atoms. The Bertz CT molecular complexity index is 966. The summed E-state index contributed by atoms with van der Waals surface area (Å²) >= 11 is 6.20. The summed E-state index contributed by atoms with van der Waals surface area (Å²) in [6.07, 6.45) is 1.69. The number of hydrogen-bond donors (Lipinski definition) is 1. The molecular weight excluding hydrogens is 360 g/mol. The quantitative estimate of drug-likeness (QED) is 0.748. The molecule has 0 bridgehead atoms. The van der Waals surface area contributed by atoms with Crippen LogP contribution in [-0.2, 0) is 0 Å². The Balaban J connectivity index is 1.51. The molecule has 1 N–H and O–H groups in total. The van der Waals surface area contributed by atoms with Crippen molar-refractivity contribution in [1.29, 1.82) is 0 Å². The highest BCUT2D eigenvalue weighted by Crippen LogP contribution is 2.28. The van der Waals surface area contributed by atoms with Gasteiger partial charge in [0.05, 0.1) is 16.2 Å². The standard InChI is InChI=1S/C21H21ClN4O/c1-25-11-13-26(14-12-25)16-6-4-15(5-7-16)21(27)24-19-9-8-18(22)20-17(19)3-2-10-23-20/h2-10H,11-14H2,1H3,(H,24,27). The van der Waals surface area contributed by atoms with E-state index >= 15 is 0 Å². The van der Waals surface area contributed by atoms with Gasteiger partial charge in [0.1, 0.15) is 0 Å². The predicted octanol–water partition coefficient (Wildman–Crippen LogP) is 3.89. The third kappa shape index (κ3) is 3.75. The van der Waals surface area contributed by atoms with Gasteiger partial charge < -0.3 is 15.1 Å². The topological polar surface area (TPSA) is 48.5 Å². The van der Waals surface area contributed by atoms with Crippen molar-refractivity contribution in [1.82, 2.24) is 9.88 Å². The lowest BCUT2D eigenvalue weighted by molar-refractivity contribution is 0.102. The average Bonchev–Trinajstić information content (AvgIpc) is 2.71. The normalized spacial score (nSPS) is 15.1. The third-order valence-electron chi connectivity index (χ3n) is 4.97. The van der Waals surface area contributed by atoms with Crippen molar-refractivity contribution < 1.29 is 4.79 Å². The van der Waals surface area contributed by atoms with E-state index in [2.05, 4.69) is 27.1 Å². The summed E-state index contributed by atoms with van der Waals surface area (Å²) in [7, 11) is 2.14. The second-order valence-corrected chi connectivity index (χ2v) is 7.19. The molecule has 0 radical (unpaired) electrons. The van der Waals surface area contributed by atoms with Gasteiger partial charge in [0.25, 0.3) is 5.91 Å². The fourth-order valence-electron chi connectivity index (χ4n) is 3.33. The van der Waals surface area contributed by atoms with Crippen molar-refractivity contribution in [2.75, 3.05) is 43.4 Å². The smallest absolute Gasteiger partial charge is 0.255 e. The number of benzene rings is 2. The molecule has 2 aromatic carbocycles. The summed E-state index contributed by atoms with van der Waals surface area (Å²) in [5, 5.41) is 4.37. The van der Waals surface area contributed by atoms with Crippen LogP contribution >= 0.6 is 11.6 Å². The maximum absolute atomic E-state index is 12.7. The molecule has 6 heteroatoms. The Morgan fingerprint density at radius 1 is 1.04 bits per heavy atom. The average molecular weight is 381 g/mol. The van der Waals surface area contributed by atoms with Gasteiger partial charge in [-0.2, -0.15) is 0 Å². The highest BCUT2D eigenvalue weighted by atomic mass is 35.5. The Morgan fingerprint density at radius 2 is 1.78 bits per heavy atom. The number of likely N-dealkylation sites (N-methyl/N-ethyl adjacent to an activating group) is 1. The minimum Gasteiger partial charge on any atom is -0.369 e. The first-order valence-corrected chi connectivity index (χ1v) is 9.38. The van der Waals surface area contributed by atoms with Gasteiger partial charge in [-0.25, -0.2) is 0 Å². The van der Waals surface area contributed by atoms with Crippen LogP contribution < -0.4 is 10.2 Å². The summed E-state index contributed by atoms with van der Waals surface area (Å²) in [6, 6.07) is 15.1. The molecule has 138 valence electrons. The number of carbonyl (C=O) groups excluding carboxylic acids is 1. The molecule has 27 heavy (non-hydrogen) atoms. The van der Waals surface area contributed by atoms with Crippen LogP contribution in [0.1, 0.15) is 10.4 Å². The number of piperazine rings is 1. The zero-order chi connectivity index (χ0) is 18.8. The van der Waals surface area contributed by atoms with E-state index < -0.39 is 0 Å². The molecule has 1 aliphatic rings. The lowest BCUT2D eigenvalue weighted by atomic mass is 10.1. The largest absolute Gasteiger partial charge is 0.369 e. The van der Waals surface area contributed by atoms with Gasteiger partial charge in [-0.1, -0.05) is 11.6 Å². The molecule has 1 aliphatic heterocycles. The van der Waals surface area contributed by atoms with Crippen molar-refractivity contribution in [3.8, 4) is 0 Å². The summed E-state index contributed by atoms with van der Waals surface area (Å²) in [6.45, 7) is 4.12. The van der Waals surface area contributed by atoms with Crippen LogP contribution in [0.25, 0.3) is 10.9 Å². The second kappa shape index (κ2) is 7.55. The van der Waals surface area contributed by atoms with Crippen molar-refractivity contribution in [2.45, 2.75) is 0 Å². The highest BCUT2D eigenvalue weighted by molar-refractivity contribution is 6.35. The lowest BCUT2D eigenvalue weighted by Gasteiger charge is -2.34. The zero-order valence-electron chi connectivity index (χ0n) is 15.2. The number of halogens is 1. The molecule has 2 heterocycles. The van der Waals surface area contributed by atoms with Crippen LogP contribution in [0.3, 0.4) is 0 Å². The van der Waals surface area contributed by atoms with Crippen LogP contribution in [0.4, 0.5) is 11.4 Å². The van der Waals surface area contributed by atoms with Gasteiger partial charge in [0, 0.05) is 49.0 Å². The number of nitrogens with one attached hydrogen (secondary N) is 1. The molecule has 4 rings (SSSR count). The Morgan fingerprint density at radius 3 is 2.52 bits per heavy atom. The monoisotopic (exact) mass is 380 g/mol. The van der Waals surface area contributed by atoms with Crippen molar-refractivity contribution in [2.24, 2.45) is 0 Å². The van der Waals surface area contributed by atoms with Crippen molar-refractivity contribution >= 4 is 39.8 Å². The number of aromatic nitrogens is 1. The lowest BCUT2D eigenvalue weighted by Crippen LogP contribution is -2.44. The first-order chi connectivity index (χ1) is 13.1. The molecule has 1 aromatic heterocycles. The van der Waals surface area contributed by atoms with Crippen molar-refractivity contribution in [3.05, 3.63) is 65.3 Å². The number of anilines is 2. The summed E-state index contributed by atoms with van der Waals surface area (Å²) < 4.78 is 0. The van der Waals surface area contributed by atoms with Gasteiger partial charge in [-0.05, 0) is 55.6 Å². The van der Waals surface area contributed by atoms with E-state index in [0.29, 0.717) is 21.8 Å². The summed E-state index contributed by atoms with van der Waals surface area (Å²) in [5.74, 6) is -0.146. The number of hydrogen-bond acceptors (Lipinski definition) is 4. The first-order valence-electron chi connectivity index (χ1n) is 9.00. The van der Waals surface area contributed by atoms with E-state index in [1.165, 1.54) is 0 Å². The Kier molecular flexibility index (Phi) is 4.97. The van der Waals surface area contributed by atoms with Gasteiger partial charge in [-0.15, -0.1) is 0 Å². The molecule has 1 saturated heterocycles. The van der Waals surface area contributed by atoms with Gasteiger partial charge >= 0.3 is 0 Å². The van der Waals surface area contributed by atoms with E-state index in [1.54, 1.807) is 12.3 Å². The molecule has 0 aliphatic carbocycles. The number of pyridine rings is 1. The molecular formula is C21H21ClN4O. The summed E-state index contributed by atoms with van der Waals surface area (Å²) in [4.78, 5) is 21.7. The fourth-order valence-corrected chi connectivity index (χ4v) is 3.54. The van der Waals surface area contributed by atoms with Crippen LogP contribution in [0.15, 0.2) is 54.7 Å². The van der Waals surface area contributed by atoms with E-state index in [1.807, 2.05) is 42.5 Å². The van der Waals surface area contributed by atoms with Gasteiger partial charge in [0.2, 0.25) is 0 Å². The number of nitrogens with zero attached hydrogens (tertiary/aromatic N) is 3. The molecule has 0 atom stereocenters. The highest BCUT2D eigenvalue weighted by Gasteiger charge is 2.15. The van der Waals surface area contributed by atoms with Gasteiger partial charge in [-0.3, -0.25) is 9.78 Å². The van der Waals surface area contributed by atoms with Crippen LogP contribution in [0.5, 0.6) is 0 Å². The minimum absolute atomic E-state index is 0.146. The maximum atomic E-state index is 12.7. The SMILES string of the molecule is CN1CCN(c2ccc(C(=O)Nc3ccc(Cl)c4ncccc34)cc2)CC1. The minimum atomic E-state index is -0.146. The predicted molar refractivity (Wildman–Crippen MR) is 111 cm³/mol. The number of rotatable bonds is 3. The van der Waals surface area contributed by atoms with E-state index in [9.17, 15) is 4.79 Å². The van der Waals surface area contributed by atoms with E-state index in [4.69, 9.17) is 11.6 Å². The van der Waals surface area contributed by atoms with E-state index in [0.717, 1.165) is 37.3 Å². The molecule has 0 unspecified atom stereocenters. The molecule has 5 nitrogen and oxygen atoms in total. The number of amides is 1. The number of fused-ring (bicyclic) bond motifs is 1. The van der Waals surface area contributed by atoms with Crippen molar-refractivity contribution in [3.63, 3.8) is 0 Å². The zero-order valence-corrected chi connectivity index (χ0v) is 15.9. The molecule has 3 aromatic rings. The van der Waals surface area contributed by atoms with Crippen LogP contribution in [0.2, 0.25) is 5.02 Å². The van der Waals surface area contributed by atoms with Gasteiger partial charge in [0.15, 0.2) is 0 Å². The Labute approximate surface area is 163 Å². The summed E-state index contributed by atoms with van der Waals surface area (Å²) in [5.41, 5.74) is 3.17. The molecule has 1 amide bonds. The maximum Gasteiger partial charge on any atom is 0.255 e. The molecule has 0 saturated carbocycles. The van der Waals surface area contributed by atoms with Crippen LogP contribution in [-0.4, -0.2) is 49.0 Å². The number of carbonyl (C=O) groups is 1. The van der Waals surface area contributed by atoms with E-state index in [-0.39, 0.29) is 5.91 Å². The third-order valence-corrected chi connectivity index (χ3v) is 5.27. The Hall–Kier alpha value is -2.63. The molecule has 1 fully saturated rings.